The average molecular weight is 538 g/mol. The van der Waals surface area contributed by atoms with Gasteiger partial charge in [0.05, 0.1) is 19.8 Å². The lowest BCUT2D eigenvalue weighted by Crippen LogP contribution is -2.45. The smallest absolute Gasteiger partial charge is 0.409 e. The van der Waals surface area contributed by atoms with Crippen molar-refractivity contribution in [2.24, 2.45) is 0 Å². The summed E-state index contributed by atoms with van der Waals surface area (Å²) in [5.41, 5.74) is 0. The number of hydrogen-bond acceptors (Lipinski definition) is 5. The van der Waals surface area contributed by atoms with E-state index >= 15 is 0 Å². The molecular weight excluding hydrogens is 504 g/mol. The van der Waals surface area contributed by atoms with E-state index in [0.717, 1.165) is 15.9 Å². The lowest BCUT2D eigenvalue weighted by atomic mass is 10.1. The minimum Gasteiger partial charge on any atom is -0.463 e. The molecule has 0 bridgehead atoms. The Kier molecular flexibility index (Phi) is 10.9. The number of nitrogens with zero attached hydrogens (tertiary/aromatic N) is 1. The number of carbonyl (C=O) groups excluding carboxylic acids is 3. The number of esters is 1. The Balaban J connectivity index is 0.000000260. The summed E-state index contributed by atoms with van der Waals surface area (Å²) in [4.78, 5) is 35.6. The van der Waals surface area contributed by atoms with Crippen LogP contribution in [-0.2, 0) is 19.1 Å². The number of likely N-dealkylation sites (tertiary alicyclic amines) is 1. The molecule has 0 N–H and O–H groups in total. The predicted molar refractivity (Wildman–Crippen MR) is 151 cm³/mol. The van der Waals surface area contributed by atoms with Gasteiger partial charge in [-0.15, -0.1) is 0 Å². The third-order valence-electron chi connectivity index (χ3n) is 5.96. The standard InChI is InChI=1S/C22H21O2P.C8H12FNO3/c1-2-24-22(23)18-25(19-12-6-3-7-13-19,20-14-8-4-9-15-20)21-16-10-5-11-17-21;1-2-13-8(12)10-4-3-7(11)6(9)5-10/h3-18H,2H2,1H3;6H,2-5H2,1H3. The van der Waals surface area contributed by atoms with Crippen LogP contribution in [0.15, 0.2) is 91.0 Å². The molecule has 3 aromatic rings. The number of piperidine rings is 1. The van der Waals surface area contributed by atoms with Crippen molar-refractivity contribution in [1.82, 2.24) is 4.90 Å². The Morgan fingerprint density at radius 2 is 1.29 bits per heavy atom. The van der Waals surface area contributed by atoms with Gasteiger partial charge in [-0.3, -0.25) is 4.79 Å². The van der Waals surface area contributed by atoms with Gasteiger partial charge in [0, 0.05) is 18.8 Å². The third kappa shape index (κ3) is 7.20. The van der Waals surface area contributed by atoms with Crippen molar-refractivity contribution in [3.63, 3.8) is 0 Å². The molecule has 8 heteroatoms. The molecule has 200 valence electrons. The van der Waals surface area contributed by atoms with E-state index in [4.69, 9.17) is 4.74 Å². The van der Waals surface area contributed by atoms with Gasteiger partial charge in [0.25, 0.3) is 0 Å². The highest BCUT2D eigenvalue weighted by atomic mass is 31.2. The van der Waals surface area contributed by atoms with Crippen LogP contribution in [-0.4, -0.2) is 61.0 Å². The first-order valence-corrected chi connectivity index (χ1v) is 14.4. The predicted octanol–water partition coefficient (Wildman–Crippen LogP) is 4.10. The number of amides is 1. The summed E-state index contributed by atoms with van der Waals surface area (Å²) in [6.07, 6.45) is -2.00. The van der Waals surface area contributed by atoms with E-state index in [0.29, 0.717) is 6.61 Å². The highest BCUT2D eigenvalue weighted by Gasteiger charge is 2.30. The SMILES string of the molecule is CCOC(=O)C=P(c1ccccc1)(c1ccccc1)c1ccccc1.CCOC(=O)N1CCC(=O)C(F)C1. The monoisotopic (exact) mass is 537 g/mol. The highest BCUT2D eigenvalue weighted by Crippen LogP contribution is 2.43. The molecule has 1 unspecified atom stereocenters. The molecule has 1 aliphatic heterocycles. The molecule has 1 amide bonds. The molecule has 0 saturated carbocycles. The van der Waals surface area contributed by atoms with Gasteiger partial charge < -0.3 is 14.4 Å². The van der Waals surface area contributed by atoms with Crippen LogP contribution in [0.5, 0.6) is 0 Å². The number of rotatable bonds is 6. The maximum atomic E-state index is 12.8. The average Bonchev–Trinajstić information content (AvgIpc) is 2.95. The van der Waals surface area contributed by atoms with E-state index < -0.39 is 24.9 Å². The number of hydrogen-bond donors (Lipinski definition) is 0. The summed E-state index contributed by atoms with van der Waals surface area (Å²) in [6, 6.07) is 30.7. The lowest BCUT2D eigenvalue weighted by Gasteiger charge is -2.28. The summed E-state index contributed by atoms with van der Waals surface area (Å²) in [5, 5.41) is 3.42. The zero-order valence-corrected chi connectivity index (χ0v) is 22.6. The van der Waals surface area contributed by atoms with Crippen molar-refractivity contribution >= 4 is 46.4 Å². The second-order valence-electron chi connectivity index (χ2n) is 8.44. The van der Waals surface area contributed by atoms with Crippen LogP contribution in [0.25, 0.3) is 0 Å². The quantitative estimate of drug-likeness (QED) is 0.350. The fraction of sp³-hybridized carbons (Fsp3) is 0.267. The number of alkyl halides is 1. The Bertz CT molecular complexity index is 1150. The zero-order chi connectivity index (χ0) is 27.4. The molecule has 0 spiro atoms. The first-order valence-electron chi connectivity index (χ1n) is 12.6. The van der Waals surface area contributed by atoms with Crippen molar-refractivity contribution in [2.75, 3.05) is 26.3 Å². The van der Waals surface area contributed by atoms with Crippen LogP contribution in [0.1, 0.15) is 20.3 Å². The normalized spacial score (nSPS) is 15.1. The second kappa shape index (κ2) is 14.3. The number of ketones is 1. The molecule has 1 aliphatic rings. The van der Waals surface area contributed by atoms with Crippen molar-refractivity contribution in [3.8, 4) is 0 Å². The van der Waals surface area contributed by atoms with E-state index in [-0.39, 0.29) is 32.1 Å². The van der Waals surface area contributed by atoms with Crippen LogP contribution in [0, 0.1) is 0 Å². The summed E-state index contributed by atoms with van der Waals surface area (Å²) in [7, 11) is 0. The fourth-order valence-corrected chi connectivity index (χ4v) is 7.83. The number of carbonyl (C=O) groups is 3. The topological polar surface area (TPSA) is 72.9 Å². The third-order valence-corrected chi connectivity index (χ3v) is 9.90. The number of ether oxygens (including phenoxy) is 2. The zero-order valence-electron chi connectivity index (χ0n) is 21.7. The fourth-order valence-electron chi connectivity index (χ4n) is 4.17. The Morgan fingerprint density at radius 1 is 0.842 bits per heavy atom. The van der Waals surface area contributed by atoms with Crippen LogP contribution >= 0.6 is 6.89 Å². The summed E-state index contributed by atoms with van der Waals surface area (Å²) in [6.45, 7) is 2.00. The maximum absolute atomic E-state index is 12.8. The van der Waals surface area contributed by atoms with Crippen LogP contribution in [0.3, 0.4) is 0 Å². The largest absolute Gasteiger partial charge is 0.463 e. The second-order valence-corrected chi connectivity index (χ2v) is 11.7. The molecule has 0 radical (unpaired) electrons. The first-order chi connectivity index (χ1) is 18.4. The summed E-state index contributed by atoms with van der Waals surface area (Å²) >= 11 is 0. The van der Waals surface area contributed by atoms with Gasteiger partial charge >= 0.3 is 12.1 Å². The molecule has 1 fully saturated rings. The lowest BCUT2D eigenvalue weighted by molar-refractivity contribution is -0.134. The van der Waals surface area contributed by atoms with Gasteiger partial charge in [-0.1, -0.05) is 91.0 Å². The minimum absolute atomic E-state index is 0.0833. The number of benzene rings is 3. The van der Waals surface area contributed by atoms with Crippen LogP contribution < -0.4 is 15.9 Å². The summed E-state index contributed by atoms with van der Waals surface area (Å²) in [5.74, 6) is 1.10. The molecule has 0 aliphatic carbocycles. The molecule has 1 saturated heterocycles. The molecule has 1 atom stereocenters. The minimum atomic E-state index is -2.24. The molecule has 0 aromatic heterocycles. The van der Waals surface area contributed by atoms with E-state index in [1.165, 1.54) is 4.90 Å². The van der Waals surface area contributed by atoms with Gasteiger partial charge in [0.1, 0.15) is 0 Å². The molecule has 6 nitrogen and oxygen atoms in total. The van der Waals surface area contributed by atoms with Crippen LogP contribution in [0.4, 0.5) is 9.18 Å². The van der Waals surface area contributed by atoms with E-state index in [1.807, 2.05) is 61.5 Å². The van der Waals surface area contributed by atoms with Crippen molar-refractivity contribution in [3.05, 3.63) is 91.0 Å². The summed E-state index contributed by atoms with van der Waals surface area (Å²) < 4.78 is 22.8. The van der Waals surface area contributed by atoms with Gasteiger partial charge in [-0.2, -0.15) is 0 Å². The van der Waals surface area contributed by atoms with E-state index in [1.54, 1.807) is 12.7 Å². The van der Waals surface area contributed by atoms with E-state index in [9.17, 15) is 18.8 Å². The van der Waals surface area contributed by atoms with Gasteiger partial charge in [0.2, 0.25) is 0 Å². The van der Waals surface area contributed by atoms with E-state index in [2.05, 4.69) is 41.1 Å². The maximum Gasteiger partial charge on any atom is 0.409 e. The van der Waals surface area contributed by atoms with Crippen molar-refractivity contribution < 1.29 is 28.2 Å². The van der Waals surface area contributed by atoms with Gasteiger partial charge in [0.15, 0.2) is 12.0 Å². The Hall–Kier alpha value is -3.70. The van der Waals surface area contributed by atoms with Crippen LogP contribution in [0.2, 0.25) is 0 Å². The molecule has 1 heterocycles. The van der Waals surface area contributed by atoms with Crippen molar-refractivity contribution in [2.45, 2.75) is 26.4 Å². The van der Waals surface area contributed by atoms with Crippen molar-refractivity contribution in [1.29, 1.82) is 0 Å². The molecule has 3 aromatic carbocycles. The molecular formula is C30H33FNO5P. The highest BCUT2D eigenvalue weighted by molar-refractivity contribution is 7.95. The van der Waals surface area contributed by atoms with Gasteiger partial charge in [-0.05, 0) is 36.6 Å². The number of Topliss-reactive ketones (excluding diaryl/α,β-unsaturated/α-hetero) is 1. The Labute approximate surface area is 223 Å². The van der Waals surface area contributed by atoms with Gasteiger partial charge in [-0.25, -0.2) is 14.0 Å². The number of halogens is 1. The molecule has 4 rings (SSSR count). The molecule has 38 heavy (non-hydrogen) atoms. The first kappa shape index (κ1) is 28.9. The Morgan fingerprint density at radius 3 is 1.68 bits per heavy atom.